The van der Waals surface area contributed by atoms with Crippen LogP contribution in [0, 0.1) is 6.92 Å². The van der Waals surface area contributed by atoms with Crippen molar-refractivity contribution in [1.29, 1.82) is 0 Å². The molecule has 0 saturated heterocycles. The van der Waals surface area contributed by atoms with Gasteiger partial charge in [0.05, 0.1) is 0 Å². The van der Waals surface area contributed by atoms with E-state index in [0.29, 0.717) is 23.1 Å². The minimum Gasteiger partial charge on any atom is -0.505 e. The van der Waals surface area contributed by atoms with Crippen LogP contribution in [-0.4, -0.2) is 16.4 Å². The van der Waals surface area contributed by atoms with Gasteiger partial charge in [0.1, 0.15) is 17.2 Å². The van der Waals surface area contributed by atoms with E-state index in [1.165, 1.54) is 0 Å². The van der Waals surface area contributed by atoms with Crippen molar-refractivity contribution in [3.63, 3.8) is 0 Å². The lowest BCUT2D eigenvalue weighted by molar-refractivity contribution is 0.111. The number of para-hydroxylation sites is 1. The fourth-order valence-corrected chi connectivity index (χ4v) is 2.23. The summed E-state index contributed by atoms with van der Waals surface area (Å²) in [6, 6.07) is 14.7. The largest absolute Gasteiger partial charge is 0.505 e. The predicted octanol–water partition coefficient (Wildman–Crippen LogP) is 3.85. The minimum absolute atomic E-state index is 0.0525. The van der Waals surface area contributed by atoms with Crippen molar-refractivity contribution in [2.45, 2.75) is 6.92 Å². The van der Waals surface area contributed by atoms with Crippen LogP contribution in [-0.2, 0) is 0 Å². The number of carbonyl (C=O) groups excluding carboxylic acids is 1. The number of carbonyl (C=O) groups is 1. The van der Waals surface area contributed by atoms with Crippen LogP contribution in [0.1, 0.15) is 16.2 Å². The molecule has 4 heteroatoms. The van der Waals surface area contributed by atoms with Gasteiger partial charge in [-0.15, -0.1) is 0 Å². The topological polar surface area (TPSA) is 59.4 Å². The van der Waals surface area contributed by atoms with Gasteiger partial charge in [0.25, 0.3) is 0 Å². The molecular weight excluding hydrogens is 266 g/mol. The SMILES string of the molecule is Cc1nc(C=O)c(O)c2ccc(Oc3ccccc3)cc12. The molecule has 0 spiro atoms. The Hall–Kier alpha value is -2.88. The van der Waals surface area contributed by atoms with E-state index >= 15 is 0 Å². The molecular formula is C17H13NO3. The summed E-state index contributed by atoms with van der Waals surface area (Å²) < 4.78 is 5.76. The molecule has 21 heavy (non-hydrogen) atoms. The van der Waals surface area contributed by atoms with Gasteiger partial charge in [-0.1, -0.05) is 18.2 Å². The second kappa shape index (κ2) is 5.25. The quantitative estimate of drug-likeness (QED) is 0.740. The fraction of sp³-hybridized carbons (Fsp3) is 0.0588. The number of ether oxygens (including phenoxy) is 1. The lowest BCUT2D eigenvalue weighted by Gasteiger charge is -2.10. The third-order valence-electron chi connectivity index (χ3n) is 3.26. The van der Waals surface area contributed by atoms with Crippen LogP contribution < -0.4 is 4.74 Å². The van der Waals surface area contributed by atoms with E-state index in [4.69, 9.17) is 4.74 Å². The Morgan fingerprint density at radius 3 is 2.52 bits per heavy atom. The summed E-state index contributed by atoms with van der Waals surface area (Å²) >= 11 is 0. The van der Waals surface area contributed by atoms with Crippen molar-refractivity contribution in [3.05, 3.63) is 59.9 Å². The van der Waals surface area contributed by atoms with Crippen LogP contribution in [0.25, 0.3) is 10.8 Å². The van der Waals surface area contributed by atoms with Gasteiger partial charge in [-0.3, -0.25) is 4.79 Å². The first-order valence-electron chi connectivity index (χ1n) is 6.50. The van der Waals surface area contributed by atoms with Crippen LogP contribution in [0.15, 0.2) is 48.5 Å². The fourth-order valence-electron chi connectivity index (χ4n) is 2.23. The maximum Gasteiger partial charge on any atom is 0.172 e. The molecule has 3 rings (SSSR count). The summed E-state index contributed by atoms with van der Waals surface area (Å²) in [6.07, 6.45) is 0.552. The second-order valence-corrected chi connectivity index (χ2v) is 4.67. The number of aldehydes is 1. The standard InChI is InChI=1S/C17H13NO3/c1-11-15-9-13(21-12-5-3-2-4-6-12)7-8-14(15)17(20)16(10-19)18-11/h2-10,20H,1H3. The summed E-state index contributed by atoms with van der Waals surface area (Å²) in [5.41, 5.74) is 0.722. The monoisotopic (exact) mass is 279 g/mol. The Balaban J connectivity index is 2.08. The molecule has 2 aromatic carbocycles. The molecule has 0 bridgehead atoms. The van der Waals surface area contributed by atoms with Crippen molar-refractivity contribution in [2.75, 3.05) is 0 Å². The molecule has 0 atom stereocenters. The molecule has 0 aliphatic rings. The first-order valence-corrected chi connectivity index (χ1v) is 6.50. The molecule has 1 heterocycles. The molecule has 0 aliphatic heterocycles. The van der Waals surface area contributed by atoms with E-state index in [0.717, 1.165) is 11.1 Å². The zero-order chi connectivity index (χ0) is 14.8. The van der Waals surface area contributed by atoms with Crippen molar-refractivity contribution in [1.82, 2.24) is 4.98 Å². The minimum atomic E-state index is -0.100. The van der Waals surface area contributed by atoms with Gasteiger partial charge in [0.15, 0.2) is 12.0 Å². The lowest BCUT2D eigenvalue weighted by Crippen LogP contribution is -1.94. The van der Waals surface area contributed by atoms with Crippen LogP contribution >= 0.6 is 0 Å². The number of pyridine rings is 1. The van der Waals surface area contributed by atoms with Crippen molar-refractivity contribution in [3.8, 4) is 17.2 Å². The summed E-state index contributed by atoms with van der Waals surface area (Å²) in [6.45, 7) is 1.79. The number of nitrogens with zero attached hydrogens (tertiary/aromatic N) is 1. The number of benzene rings is 2. The van der Waals surface area contributed by atoms with Gasteiger partial charge < -0.3 is 9.84 Å². The molecule has 0 radical (unpaired) electrons. The Labute approximate surface area is 121 Å². The number of aryl methyl sites for hydroxylation is 1. The van der Waals surface area contributed by atoms with Gasteiger partial charge in [-0.05, 0) is 37.3 Å². The Morgan fingerprint density at radius 1 is 1.05 bits per heavy atom. The van der Waals surface area contributed by atoms with Crippen LogP contribution in [0.2, 0.25) is 0 Å². The summed E-state index contributed by atoms with van der Waals surface area (Å²) in [5.74, 6) is 1.28. The molecule has 0 saturated carbocycles. The highest BCUT2D eigenvalue weighted by Gasteiger charge is 2.11. The normalized spacial score (nSPS) is 10.5. The number of hydrogen-bond acceptors (Lipinski definition) is 4. The van der Waals surface area contributed by atoms with E-state index in [-0.39, 0.29) is 11.4 Å². The van der Waals surface area contributed by atoms with Gasteiger partial charge in [0, 0.05) is 16.5 Å². The summed E-state index contributed by atoms with van der Waals surface area (Å²) in [5, 5.41) is 11.4. The highest BCUT2D eigenvalue weighted by molar-refractivity contribution is 5.96. The van der Waals surface area contributed by atoms with Crippen LogP contribution in [0.5, 0.6) is 17.2 Å². The van der Waals surface area contributed by atoms with E-state index < -0.39 is 0 Å². The number of aromatic hydroxyl groups is 1. The highest BCUT2D eigenvalue weighted by atomic mass is 16.5. The molecule has 0 fully saturated rings. The van der Waals surface area contributed by atoms with E-state index in [1.54, 1.807) is 25.1 Å². The van der Waals surface area contributed by atoms with Gasteiger partial charge in [0.2, 0.25) is 0 Å². The maximum absolute atomic E-state index is 10.9. The Morgan fingerprint density at radius 2 is 1.81 bits per heavy atom. The summed E-state index contributed by atoms with van der Waals surface area (Å²) in [4.78, 5) is 15.0. The van der Waals surface area contributed by atoms with Gasteiger partial charge >= 0.3 is 0 Å². The second-order valence-electron chi connectivity index (χ2n) is 4.67. The van der Waals surface area contributed by atoms with Crippen LogP contribution in [0.3, 0.4) is 0 Å². The molecule has 0 aliphatic carbocycles. The third-order valence-corrected chi connectivity index (χ3v) is 3.26. The first-order chi connectivity index (χ1) is 10.2. The number of aromatic nitrogens is 1. The molecule has 0 amide bonds. The predicted molar refractivity (Wildman–Crippen MR) is 80.0 cm³/mol. The molecule has 1 N–H and O–H groups in total. The van der Waals surface area contributed by atoms with E-state index in [9.17, 15) is 9.90 Å². The molecule has 1 aromatic heterocycles. The smallest absolute Gasteiger partial charge is 0.172 e. The highest BCUT2D eigenvalue weighted by Crippen LogP contribution is 2.32. The van der Waals surface area contributed by atoms with Gasteiger partial charge in [-0.25, -0.2) is 4.98 Å². The van der Waals surface area contributed by atoms with Crippen LogP contribution in [0.4, 0.5) is 0 Å². The summed E-state index contributed by atoms with van der Waals surface area (Å²) in [7, 11) is 0. The van der Waals surface area contributed by atoms with E-state index in [2.05, 4.69) is 4.98 Å². The number of rotatable bonds is 3. The zero-order valence-corrected chi connectivity index (χ0v) is 11.4. The maximum atomic E-state index is 10.9. The lowest BCUT2D eigenvalue weighted by atomic mass is 10.1. The van der Waals surface area contributed by atoms with Crippen molar-refractivity contribution >= 4 is 17.1 Å². The Kier molecular flexibility index (Phi) is 3.28. The van der Waals surface area contributed by atoms with Crippen molar-refractivity contribution < 1.29 is 14.6 Å². The molecule has 4 nitrogen and oxygen atoms in total. The average Bonchev–Trinajstić information content (AvgIpc) is 2.52. The molecule has 0 unspecified atom stereocenters. The van der Waals surface area contributed by atoms with Crippen molar-refractivity contribution in [2.24, 2.45) is 0 Å². The molecule has 3 aromatic rings. The van der Waals surface area contributed by atoms with Gasteiger partial charge in [-0.2, -0.15) is 0 Å². The first kappa shape index (κ1) is 13.1. The third kappa shape index (κ3) is 2.43. The molecule has 104 valence electrons. The average molecular weight is 279 g/mol. The number of hydrogen-bond donors (Lipinski definition) is 1. The number of fused-ring (bicyclic) bond motifs is 1. The zero-order valence-electron chi connectivity index (χ0n) is 11.4. The van der Waals surface area contributed by atoms with E-state index in [1.807, 2.05) is 30.3 Å². The Bertz CT molecular complexity index is 813.